The fourth-order valence-electron chi connectivity index (χ4n) is 1.73. The lowest BCUT2D eigenvalue weighted by molar-refractivity contribution is -0.0125. The molecule has 0 spiro atoms. The third kappa shape index (κ3) is 2.56. The first kappa shape index (κ1) is 10.6. The quantitative estimate of drug-likeness (QED) is 0.774. The molecule has 2 atom stereocenters. The molecular weight excluding hydrogens is 194 g/mol. The summed E-state index contributed by atoms with van der Waals surface area (Å²) in [5.41, 5.74) is 6.72. The molecule has 2 N–H and O–H groups in total. The maximum absolute atomic E-state index is 5.86. The average Bonchev–Trinajstić information content (AvgIpc) is 2.85. The minimum absolute atomic E-state index is 0.0644. The molecule has 1 aliphatic rings. The molecule has 1 aromatic rings. The standard InChI is InChI=1S/C10H17N3O2/c1-13-6-8(5-12-13)10(4-11)15-9-2-3-14-7-9/h5-6,9-10H,2-4,7,11H2,1H3. The second kappa shape index (κ2) is 4.74. The highest BCUT2D eigenvalue weighted by atomic mass is 16.5. The molecule has 84 valence electrons. The summed E-state index contributed by atoms with van der Waals surface area (Å²) in [4.78, 5) is 0. The Labute approximate surface area is 89.2 Å². The zero-order valence-electron chi connectivity index (χ0n) is 8.93. The van der Waals surface area contributed by atoms with Gasteiger partial charge in [0.25, 0.3) is 0 Å². The molecule has 1 saturated heterocycles. The van der Waals surface area contributed by atoms with Gasteiger partial charge in [0.1, 0.15) is 0 Å². The van der Waals surface area contributed by atoms with Crippen molar-refractivity contribution in [1.82, 2.24) is 9.78 Å². The van der Waals surface area contributed by atoms with Crippen molar-refractivity contribution in [3.8, 4) is 0 Å². The maximum atomic E-state index is 5.86. The van der Waals surface area contributed by atoms with Crippen LogP contribution in [0.2, 0.25) is 0 Å². The lowest BCUT2D eigenvalue weighted by atomic mass is 10.2. The van der Waals surface area contributed by atoms with Crippen LogP contribution in [0.4, 0.5) is 0 Å². The van der Waals surface area contributed by atoms with E-state index in [1.807, 2.05) is 13.2 Å². The normalized spacial score (nSPS) is 23.2. The largest absolute Gasteiger partial charge is 0.379 e. The first-order chi connectivity index (χ1) is 7.29. The summed E-state index contributed by atoms with van der Waals surface area (Å²) < 4.78 is 12.9. The number of ether oxygens (including phenoxy) is 2. The summed E-state index contributed by atoms with van der Waals surface area (Å²) in [6.45, 7) is 1.94. The van der Waals surface area contributed by atoms with E-state index in [9.17, 15) is 0 Å². The SMILES string of the molecule is Cn1cc(C(CN)OC2CCOC2)cn1. The lowest BCUT2D eigenvalue weighted by Crippen LogP contribution is -2.22. The van der Waals surface area contributed by atoms with E-state index in [2.05, 4.69) is 5.10 Å². The van der Waals surface area contributed by atoms with Gasteiger partial charge in [-0.05, 0) is 6.42 Å². The molecule has 2 heterocycles. The van der Waals surface area contributed by atoms with E-state index in [0.717, 1.165) is 18.6 Å². The molecule has 1 aromatic heterocycles. The molecule has 15 heavy (non-hydrogen) atoms. The Morgan fingerprint density at radius 1 is 1.80 bits per heavy atom. The zero-order chi connectivity index (χ0) is 10.7. The van der Waals surface area contributed by atoms with Crippen LogP contribution in [0.1, 0.15) is 18.1 Å². The Kier molecular flexibility index (Phi) is 3.35. The minimum Gasteiger partial charge on any atom is -0.379 e. The lowest BCUT2D eigenvalue weighted by Gasteiger charge is -2.18. The van der Waals surface area contributed by atoms with Crippen molar-refractivity contribution in [2.45, 2.75) is 18.6 Å². The Morgan fingerprint density at radius 2 is 2.67 bits per heavy atom. The maximum Gasteiger partial charge on any atom is 0.0982 e. The third-order valence-electron chi connectivity index (χ3n) is 2.56. The first-order valence-corrected chi connectivity index (χ1v) is 5.21. The number of nitrogens with two attached hydrogens (primary N) is 1. The summed E-state index contributed by atoms with van der Waals surface area (Å²) >= 11 is 0. The van der Waals surface area contributed by atoms with E-state index in [-0.39, 0.29) is 12.2 Å². The van der Waals surface area contributed by atoms with Crippen LogP contribution >= 0.6 is 0 Å². The van der Waals surface area contributed by atoms with E-state index < -0.39 is 0 Å². The topological polar surface area (TPSA) is 62.3 Å². The Bertz CT molecular complexity index is 307. The smallest absolute Gasteiger partial charge is 0.0982 e. The fourth-order valence-corrected chi connectivity index (χ4v) is 1.73. The van der Waals surface area contributed by atoms with Crippen LogP contribution in [0, 0.1) is 0 Å². The van der Waals surface area contributed by atoms with Crippen molar-refractivity contribution < 1.29 is 9.47 Å². The summed E-state index contributed by atoms with van der Waals surface area (Å²) in [5, 5.41) is 4.11. The molecule has 0 bridgehead atoms. The van der Waals surface area contributed by atoms with Crippen LogP contribution in [-0.4, -0.2) is 35.6 Å². The average molecular weight is 211 g/mol. The molecule has 1 aliphatic heterocycles. The number of rotatable bonds is 4. The van der Waals surface area contributed by atoms with Crippen LogP contribution in [0.25, 0.3) is 0 Å². The van der Waals surface area contributed by atoms with Crippen molar-refractivity contribution in [3.05, 3.63) is 18.0 Å². The van der Waals surface area contributed by atoms with Crippen LogP contribution in [0.5, 0.6) is 0 Å². The van der Waals surface area contributed by atoms with Crippen molar-refractivity contribution in [2.24, 2.45) is 12.8 Å². The predicted octanol–water partition coefficient (Wildman–Crippen LogP) is 0.225. The van der Waals surface area contributed by atoms with Gasteiger partial charge in [-0.1, -0.05) is 0 Å². The Morgan fingerprint density at radius 3 is 3.20 bits per heavy atom. The van der Waals surface area contributed by atoms with Crippen LogP contribution in [0.15, 0.2) is 12.4 Å². The molecule has 0 aromatic carbocycles. The van der Waals surface area contributed by atoms with Gasteiger partial charge in [0, 0.05) is 32.0 Å². The number of nitrogens with zero attached hydrogens (tertiary/aromatic N) is 2. The van der Waals surface area contributed by atoms with Gasteiger partial charge < -0.3 is 15.2 Å². The summed E-state index contributed by atoms with van der Waals surface area (Å²) in [6, 6.07) is 0. The fraction of sp³-hybridized carbons (Fsp3) is 0.700. The molecule has 0 radical (unpaired) electrons. The van der Waals surface area contributed by atoms with Crippen LogP contribution in [0.3, 0.4) is 0 Å². The van der Waals surface area contributed by atoms with Gasteiger partial charge in [0.05, 0.1) is 25.0 Å². The number of hydrogen-bond donors (Lipinski definition) is 1. The van der Waals surface area contributed by atoms with E-state index in [1.165, 1.54) is 0 Å². The number of aryl methyl sites for hydroxylation is 1. The Balaban J connectivity index is 1.97. The van der Waals surface area contributed by atoms with E-state index >= 15 is 0 Å². The predicted molar refractivity (Wildman–Crippen MR) is 55.3 cm³/mol. The number of hydrogen-bond acceptors (Lipinski definition) is 4. The molecule has 1 fully saturated rings. The highest BCUT2D eigenvalue weighted by Gasteiger charge is 2.22. The highest BCUT2D eigenvalue weighted by Crippen LogP contribution is 2.20. The Hall–Kier alpha value is -0.910. The van der Waals surface area contributed by atoms with Gasteiger partial charge in [0.15, 0.2) is 0 Å². The monoisotopic (exact) mass is 211 g/mol. The molecule has 0 saturated carbocycles. The van der Waals surface area contributed by atoms with Gasteiger partial charge >= 0.3 is 0 Å². The van der Waals surface area contributed by atoms with Gasteiger partial charge in [0.2, 0.25) is 0 Å². The highest BCUT2D eigenvalue weighted by molar-refractivity contribution is 5.08. The zero-order valence-corrected chi connectivity index (χ0v) is 8.93. The molecule has 2 unspecified atom stereocenters. The third-order valence-corrected chi connectivity index (χ3v) is 2.56. The van der Waals surface area contributed by atoms with E-state index in [4.69, 9.17) is 15.2 Å². The second-order valence-corrected chi connectivity index (χ2v) is 3.79. The van der Waals surface area contributed by atoms with Crippen molar-refractivity contribution in [2.75, 3.05) is 19.8 Å². The summed E-state index contributed by atoms with van der Waals surface area (Å²) in [6.07, 6.45) is 4.81. The van der Waals surface area contributed by atoms with Crippen LogP contribution < -0.4 is 5.73 Å². The van der Waals surface area contributed by atoms with Crippen molar-refractivity contribution in [1.29, 1.82) is 0 Å². The molecule has 0 amide bonds. The molecule has 5 nitrogen and oxygen atoms in total. The first-order valence-electron chi connectivity index (χ1n) is 5.21. The second-order valence-electron chi connectivity index (χ2n) is 3.79. The van der Waals surface area contributed by atoms with Gasteiger partial charge in [-0.3, -0.25) is 4.68 Å². The summed E-state index contributed by atoms with van der Waals surface area (Å²) in [5.74, 6) is 0. The van der Waals surface area contributed by atoms with Gasteiger partial charge in [-0.15, -0.1) is 0 Å². The van der Waals surface area contributed by atoms with Crippen molar-refractivity contribution in [3.63, 3.8) is 0 Å². The number of aromatic nitrogens is 2. The molecule has 2 rings (SSSR count). The molecule has 5 heteroatoms. The van der Waals surface area contributed by atoms with Crippen molar-refractivity contribution >= 4 is 0 Å². The molecule has 0 aliphatic carbocycles. The van der Waals surface area contributed by atoms with Crippen LogP contribution in [-0.2, 0) is 16.5 Å². The van der Waals surface area contributed by atoms with Gasteiger partial charge in [-0.2, -0.15) is 5.10 Å². The molecular formula is C10H17N3O2. The van der Waals surface area contributed by atoms with E-state index in [1.54, 1.807) is 10.9 Å². The van der Waals surface area contributed by atoms with E-state index in [0.29, 0.717) is 13.2 Å². The minimum atomic E-state index is -0.0644. The van der Waals surface area contributed by atoms with Gasteiger partial charge in [-0.25, -0.2) is 0 Å². The summed E-state index contributed by atoms with van der Waals surface area (Å²) in [7, 11) is 1.88.